The van der Waals surface area contributed by atoms with Crippen LogP contribution in [-0.4, -0.2) is 9.97 Å². The van der Waals surface area contributed by atoms with Crippen molar-refractivity contribution in [3.8, 4) is 6.07 Å². The van der Waals surface area contributed by atoms with Crippen molar-refractivity contribution < 1.29 is 0 Å². The van der Waals surface area contributed by atoms with Crippen molar-refractivity contribution in [1.29, 1.82) is 5.26 Å². The van der Waals surface area contributed by atoms with Crippen molar-refractivity contribution in [2.75, 3.05) is 0 Å². The molecule has 0 spiro atoms. The lowest BCUT2D eigenvalue weighted by molar-refractivity contribution is 0.568. The van der Waals surface area contributed by atoms with Gasteiger partial charge in [0.2, 0.25) is 0 Å². The van der Waals surface area contributed by atoms with Crippen molar-refractivity contribution in [2.24, 2.45) is 11.8 Å². The summed E-state index contributed by atoms with van der Waals surface area (Å²) < 4.78 is 0. The van der Waals surface area contributed by atoms with Crippen LogP contribution in [0.4, 0.5) is 0 Å². The summed E-state index contributed by atoms with van der Waals surface area (Å²) in [6.07, 6.45) is 8.56. The normalized spacial score (nSPS) is 31.8. The van der Waals surface area contributed by atoms with Gasteiger partial charge in [0.25, 0.3) is 0 Å². The predicted octanol–water partition coefficient (Wildman–Crippen LogP) is 2.03. The van der Waals surface area contributed by atoms with Gasteiger partial charge in [-0.1, -0.05) is 12.2 Å². The first-order valence-electron chi connectivity index (χ1n) is 5.27. The lowest BCUT2D eigenvalue weighted by atomic mass is 9.90. The Morgan fingerprint density at radius 2 is 2.20 bits per heavy atom. The SMILES string of the molecule is N#Cc1cc([C@@H]2C[C@H]3C=C[C@H]2C3)ncn1. The zero-order valence-electron chi connectivity index (χ0n) is 8.30. The van der Waals surface area contributed by atoms with E-state index in [-0.39, 0.29) is 0 Å². The van der Waals surface area contributed by atoms with E-state index in [0.717, 1.165) is 11.6 Å². The first-order chi connectivity index (χ1) is 7.36. The molecule has 0 unspecified atom stereocenters. The molecule has 0 saturated heterocycles. The molecule has 3 rings (SSSR count). The standard InChI is InChI=1S/C12H11N3/c13-6-10-5-12(15-7-14-10)11-4-8-1-2-9(11)3-8/h1-2,5,7-9,11H,3-4H2/t8-,9-,11+/m0/s1. The van der Waals surface area contributed by atoms with Crippen molar-refractivity contribution in [3.05, 3.63) is 35.9 Å². The molecule has 74 valence electrons. The van der Waals surface area contributed by atoms with Gasteiger partial charge in [-0.15, -0.1) is 0 Å². The van der Waals surface area contributed by atoms with Crippen molar-refractivity contribution in [2.45, 2.75) is 18.8 Å². The zero-order chi connectivity index (χ0) is 10.3. The monoisotopic (exact) mass is 197 g/mol. The van der Waals surface area contributed by atoms with E-state index >= 15 is 0 Å². The number of aromatic nitrogens is 2. The van der Waals surface area contributed by atoms with Gasteiger partial charge in [-0.05, 0) is 30.7 Å². The number of nitrogens with zero attached hydrogens (tertiary/aromatic N) is 3. The van der Waals surface area contributed by atoms with Gasteiger partial charge in [-0.3, -0.25) is 0 Å². The minimum Gasteiger partial charge on any atom is -0.241 e. The van der Waals surface area contributed by atoms with E-state index in [1.807, 2.05) is 6.07 Å². The Bertz CT molecular complexity index is 458. The minimum absolute atomic E-state index is 0.478. The number of rotatable bonds is 1. The highest BCUT2D eigenvalue weighted by molar-refractivity contribution is 5.27. The Labute approximate surface area is 88.5 Å². The first-order valence-corrected chi connectivity index (χ1v) is 5.27. The molecule has 2 aliphatic carbocycles. The van der Waals surface area contributed by atoms with E-state index in [2.05, 4.69) is 28.2 Å². The van der Waals surface area contributed by atoms with Crippen LogP contribution in [0.2, 0.25) is 0 Å². The van der Waals surface area contributed by atoms with Crippen molar-refractivity contribution in [3.63, 3.8) is 0 Å². The number of allylic oxidation sites excluding steroid dienone is 2. The van der Waals surface area contributed by atoms with Gasteiger partial charge in [0.1, 0.15) is 18.1 Å². The second-order valence-corrected chi connectivity index (χ2v) is 4.33. The summed E-state index contributed by atoms with van der Waals surface area (Å²) >= 11 is 0. The lowest BCUT2D eigenvalue weighted by Gasteiger charge is -2.16. The third-order valence-electron chi connectivity index (χ3n) is 3.46. The molecule has 1 fully saturated rings. The second kappa shape index (κ2) is 3.16. The Morgan fingerprint density at radius 1 is 1.27 bits per heavy atom. The molecule has 0 aromatic carbocycles. The molecule has 3 atom stereocenters. The summed E-state index contributed by atoms with van der Waals surface area (Å²) in [4.78, 5) is 8.19. The van der Waals surface area contributed by atoms with Crippen LogP contribution in [0.5, 0.6) is 0 Å². The summed E-state index contributed by atoms with van der Waals surface area (Å²) in [5.74, 6) is 1.88. The minimum atomic E-state index is 0.478. The van der Waals surface area contributed by atoms with E-state index in [1.54, 1.807) is 0 Å². The first kappa shape index (κ1) is 8.60. The molecule has 0 N–H and O–H groups in total. The number of fused-ring (bicyclic) bond motifs is 2. The van der Waals surface area contributed by atoms with E-state index in [4.69, 9.17) is 5.26 Å². The maximum Gasteiger partial charge on any atom is 0.144 e. The van der Waals surface area contributed by atoms with Crippen LogP contribution in [0.1, 0.15) is 30.1 Å². The third-order valence-corrected chi connectivity index (χ3v) is 3.46. The number of hydrogen-bond donors (Lipinski definition) is 0. The van der Waals surface area contributed by atoms with Gasteiger partial charge in [0.15, 0.2) is 0 Å². The second-order valence-electron chi connectivity index (χ2n) is 4.33. The largest absolute Gasteiger partial charge is 0.241 e. The third kappa shape index (κ3) is 1.33. The zero-order valence-corrected chi connectivity index (χ0v) is 8.30. The van der Waals surface area contributed by atoms with Crippen molar-refractivity contribution >= 4 is 0 Å². The molecule has 2 aliphatic rings. The van der Waals surface area contributed by atoms with Crippen LogP contribution >= 0.6 is 0 Å². The fourth-order valence-electron chi connectivity index (χ4n) is 2.76. The highest BCUT2D eigenvalue weighted by atomic mass is 14.8. The van der Waals surface area contributed by atoms with Gasteiger partial charge in [-0.25, -0.2) is 9.97 Å². The van der Waals surface area contributed by atoms with Gasteiger partial charge >= 0.3 is 0 Å². The van der Waals surface area contributed by atoms with Crippen LogP contribution in [0.15, 0.2) is 24.5 Å². The lowest BCUT2D eigenvalue weighted by Crippen LogP contribution is -2.07. The van der Waals surface area contributed by atoms with E-state index < -0.39 is 0 Å². The van der Waals surface area contributed by atoms with Crippen LogP contribution in [0, 0.1) is 23.2 Å². The molecule has 3 heteroatoms. The van der Waals surface area contributed by atoms with E-state index in [1.165, 1.54) is 19.2 Å². The van der Waals surface area contributed by atoms with Crippen LogP contribution < -0.4 is 0 Å². The van der Waals surface area contributed by atoms with E-state index in [0.29, 0.717) is 17.5 Å². The highest BCUT2D eigenvalue weighted by Gasteiger charge is 2.37. The van der Waals surface area contributed by atoms with Gasteiger partial charge in [0.05, 0.1) is 0 Å². The Hall–Kier alpha value is -1.69. The fraction of sp³-hybridized carbons (Fsp3) is 0.417. The maximum absolute atomic E-state index is 8.78. The van der Waals surface area contributed by atoms with E-state index in [9.17, 15) is 0 Å². The topological polar surface area (TPSA) is 49.6 Å². The molecule has 1 aromatic heterocycles. The summed E-state index contributed by atoms with van der Waals surface area (Å²) in [6, 6.07) is 3.90. The van der Waals surface area contributed by atoms with Gasteiger partial charge in [0, 0.05) is 11.6 Å². The van der Waals surface area contributed by atoms with Crippen LogP contribution in [0.25, 0.3) is 0 Å². The predicted molar refractivity (Wildman–Crippen MR) is 54.8 cm³/mol. The quantitative estimate of drug-likeness (QED) is 0.647. The molecule has 0 aliphatic heterocycles. The fourth-order valence-corrected chi connectivity index (χ4v) is 2.76. The van der Waals surface area contributed by atoms with Crippen molar-refractivity contribution in [1.82, 2.24) is 9.97 Å². The molecule has 1 aromatic rings. The molecule has 3 nitrogen and oxygen atoms in total. The van der Waals surface area contributed by atoms with Gasteiger partial charge < -0.3 is 0 Å². The van der Waals surface area contributed by atoms with Gasteiger partial charge in [-0.2, -0.15) is 5.26 Å². The summed E-state index contributed by atoms with van der Waals surface area (Å²) in [5, 5.41) is 8.78. The van der Waals surface area contributed by atoms with Crippen LogP contribution in [-0.2, 0) is 0 Å². The summed E-state index contributed by atoms with van der Waals surface area (Å²) in [5.41, 5.74) is 1.52. The molecule has 0 radical (unpaired) electrons. The molecule has 2 bridgehead atoms. The molecule has 0 amide bonds. The summed E-state index contributed by atoms with van der Waals surface area (Å²) in [7, 11) is 0. The smallest absolute Gasteiger partial charge is 0.144 e. The molecular weight excluding hydrogens is 186 g/mol. The van der Waals surface area contributed by atoms with Crippen LogP contribution in [0.3, 0.4) is 0 Å². The highest BCUT2D eigenvalue weighted by Crippen LogP contribution is 2.48. The molecular formula is C12H11N3. The Morgan fingerprint density at radius 3 is 2.87 bits per heavy atom. The molecule has 1 heterocycles. The number of nitriles is 1. The number of hydrogen-bond acceptors (Lipinski definition) is 3. The average molecular weight is 197 g/mol. The molecule has 1 saturated carbocycles. The molecule has 15 heavy (non-hydrogen) atoms. The summed E-state index contributed by atoms with van der Waals surface area (Å²) in [6.45, 7) is 0. The Kier molecular flexibility index (Phi) is 1.81. The maximum atomic E-state index is 8.78. The Balaban J connectivity index is 1.94. The average Bonchev–Trinajstić information content (AvgIpc) is 2.91.